The third kappa shape index (κ3) is 1.53. The molecule has 0 atom stereocenters. The van der Waals surface area contributed by atoms with Crippen LogP contribution >= 0.6 is 0 Å². The molecule has 1 aliphatic rings. The maximum atomic E-state index is 10.1. The summed E-state index contributed by atoms with van der Waals surface area (Å²) in [4.78, 5) is 10.1. The summed E-state index contributed by atoms with van der Waals surface area (Å²) < 4.78 is 0. The minimum atomic E-state index is 0.792. The fourth-order valence-corrected chi connectivity index (χ4v) is 0.741. The SMILES string of the molecule is CC1=CC=C(C=O)[CH]C1. The summed E-state index contributed by atoms with van der Waals surface area (Å²) in [6.07, 6.45) is 7.55. The topological polar surface area (TPSA) is 17.1 Å². The molecular formula is C8H9O. The quantitative estimate of drug-likeness (QED) is 0.482. The lowest BCUT2D eigenvalue weighted by Gasteiger charge is -2.04. The van der Waals surface area contributed by atoms with Crippen LogP contribution in [0.15, 0.2) is 23.3 Å². The van der Waals surface area contributed by atoms with E-state index >= 15 is 0 Å². The van der Waals surface area contributed by atoms with Crippen LogP contribution in [0.3, 0.4) is 0 Å². The molecule has 1 heteroatoms. The third-order valence-corrected chi connectivity index (χ3v) is 1.36. The van der Waals surface area contributed by atoms with Crippen LogP contribution in [-0.2, 0) is 4.79 Å². The van der Waals surface area contributed by atoms with Crippen LogP contribution in [0.1, 0.15) is 13.3 Å². The molecule has 0 unspecified atom stereocenters. The van der Waals surface area contributed by atoms with Gasteiger partial charge < -0.3 is 0 Å². The maximum Gasteiger partial charge on any atom is 0.146 e. The maximum absolute atomic E-state index is 10.1. The molecule has 1 rings (SSSR count). The normalized spacial score (nSPS) is 18.3. The summed E-state index contributed by atoms with van der Waals surface area (Å²) in [5.74, 6) is 0. The molecule has 0 aromatic carbocycles. The number of carbonyl (C=O) groups excluding carboxylic acids is 1. The fourth-order valence-electron chi connectivity index (χ4n) is 0.741. The summed E-state index contributed by atoms with van der Waals surface area (Å²) in [6.45, 7) is 2.05. The number of carbonyl (C=O) groups is 1. The van der Waals surface area contributed by atoms with E-state index in [0.717, 1.165) is 18.3 Å². The van der Waals surface area contributed by atoms with Gasteiger partial charge in [0.15, 0.2) is 0 Å². The van der Waals surface area contributed by atoms with E-state index in [2.05, 4.69) is 6.92 Å². The molecule has 0 bridgehead atoms. The standard InChI is InChI=1S/C8H9O/c1-7-2-4-8(6-9)5-3-7/h2,4-6H,3H2,1H3. The molecule has 0 spiro atoms. The van der Waals surface area contributed by atoms with Crippen LogP contribution in [0.25, 0.3) is 0 Å². The summed E-state index contributed by atoms with van der Waals surface area (Å²) in [7, 11) is 0. The second-order valence-electron chi connectivity index (χ2n) is 2.21. The molecule has 1 radical (unpaired) electrons. The lowest BCUT2D eigenvalue weighted by Crippen LogP contribution is -1.91. The van der Waals surface area contributed by atoms with Gasteiger partial charge in [-0.3, -0.25) is 4.79 Å². The molecule has 0 N–H and O–H groups in total. The Morgan fingerprint density at radius 2 is 2.33 bits per heavy atom. The minimum absolute atomic E-state index is 0.792. The van der Waals surface area contributed by atoms with Crippen molar-refractivity contribution < 1.29 is 4.79 Å². The van der Waals surface area contributed by atoms with E-state index < -0.39 is 0 Å². The van der Waals surface area contributed by atoms with Crippen LogP contribution in [0.2, 0.25) is 0 Å². The summed E-state index contributed by atoms with van der Waals surface area (Å²) >= 11 is 0. The van der Waals surface area contributed by atoms with Crippen molar-refractivity contribution in [3.63, 3.8) is 0 Å². The number of hydrogen-bond donors (Lipinski definition) is 0. The van der Waals surface area contributed by atoms with Crippen LogP contribution in [-0.4, -0.2) is 6.29 Å². The van der Waals surface area contributed by atoms with Gasteiger partial charge in [-0.15, -0.1) is 0 Å². The third-order valence-electron chi connectivity index (χ3n) is 1.36. The number of aldehydes is 1. The van der Waals surface area contributed by atoms with E-state index in [4.69, 9.17) is 0 Å². The van der Waals surface area contributed by atoms with Gasteiger partial charge >= 0.3 is 0 Å². The first kappa shape index (κ1) is 6.27. The van der Waals surface area contributed by atoms with Crippen LogP contribution in [0.4, 0.5) is 0 Å². The van der Waals surface area contributed by atoms with Crippen molar-refractivity contribution in [2.75, 3.05) is 0 Å². The molecule has 0 saturated heterocycles. The van der Waals surface area contributed by atoms with Crippen molar-refractivity contribution >= 4 is 6.29 Å². The predicted molar refractivity (Wildman–Crippen MR) is 36.8 cm³/mol. The highest BCUT2D eigenvalue weighted by atomic mass is 16.1. The van der Waals surface area contributed by atoms with Gasteiger partial charge in [0.2, 0.25) is 0 Å². The molecule has 0 amide bonds. The van der Waals surface area contributed by atoms with Gasteiger partial charge in [0.25, 0.3) is 0 Å². The van der Waals surface area contributed by atoms with Crippen LogP contribution in [0.5, 0.6) is 0 Å². The number of allylic oxidation sites excluding steroid dienone is 4. The van der Waals surface area contributed by atoms with E-state index in [1.165, 1.54) is 5.57 Å². The first-order chi connectivity index (χ1) is 4.33. The molecule has 0 fully saturated rings. The van der Waals surface area contributed by atoms with Crippen molar-refractivity contribution in [1.29, 1.82) is 0 Å². The van der Waals surface area contributed by atoms with Gasteiger partial charge in [0, 0.05) is 0 Å². The average Bonchev–Trinajstić information content (AvgIpc) is 1.90. The zero-order chi connectivity index (χ0) is 6.69. The summed E-state index contributed by atoms with van der Waals surface area (Å²) in [5, 5.41) is 0. The molecule has 1 aliphatic carbocycles. The lowest BCUT2D eigenvalue weighted by molar-refractivity contribution is -0.104. The largest absolute Gasteiger partial charge is 0.298 e. The molecule has 0 aromatic rings. The predicted octanol–water partition coefficient (Wildman–Crippen LogP) is 1.67. The number of rotatable bonds is 1. The van der Waals surface area contributed by atoms with Crippen LogP contribution < -0.4 is 0 Å². The molecule has 0 saturated carbocycles. The van der Waals surface area contributed by atoms with Crippen molar-refractivity contribution in [2.45, 2.75) is 13.3 Å². The van der Waals surface area contributed by atoms with Gasteiger partial charge in [0.1, 0.15) is 6.29 Å². The molecule has 9 heavy (non-hydrogen) atoms. The minimum Gasteiger partial charge on any atom is -0.298 e. The first-order valence-corrected chi connectivity index (χ1v) is 2.99. The molecule has 47 valence electrons. The Morgan fingerprint density at radius 1 is 1.56 bits per heavy atom. The molecule has 0 heterocycles. The van der Waals surface area contributed by atoms with Crippen molar-refractivity contribution in [3.05, 3.63) is 29.7 Å². The molecule has 0 aromatic heterocycles. The van der Waals surface area contributed by atoms with E-state index in [0.29, 0.717) is 0 Å². The van der Waals surface area contributed by atoms with Crippen molar-refractivity contribution in [3.8, 4) is 0 Å². The van der Waals surface area contributed by atoms with E-state index in [1.54, 1.807) is 0 Å². The average molecular weight is 121 g/mol. The summed E-state index contributed by atoms with van der Waals surface area (Å²) in [6, 6.07) is 0. The highest BCUT2D eigenvalue weighted by Crippen LogP contribution is 2.14. The Labute approximate surface area is 55.1 Å². The lowest BCUT2D eigenvalue weighted by atomic mass is 10.0. The monoisotopic (exact) mass is 121 g/mol. The van der Waals surface area contributed by atoms with Gasteiger partial charge in [-0.2, -0.15) is 0 Å². The second kappa shape index (κ2) is 2.62. The summed E-state index contributed by atoms with van der Waals surface area (Å²) in [5.41, 5.74) is 2.10. The zero-order valence-electron chi connectivity index (χ0n) is 5.42. The highest BCUT2D eigenvalue weighted by Gasteiger charge is 2.00. The van der Waals surface area contributed by atoms with E-state index in [9.17, 15) is 4.79 Å². The van der Waals surface area contributed by atoms with Gasteiger partial charge in [-0.25, -0.2) is 0 Å². The van der Waals surface area contributed by atoms with E-state index in [-0.39, 0.29) is 0 Å². The van der Waals surface area contributed by atoms with E-state index in [1.807, 2.05) is 18.6 Å². The molecular weight excluding hydrogens is 112 g/mol. The smallest absolute Gasteiger partial charge is 0.146 e. The zero-order valence-corrected chi connectivity index (χ0v) is 5.42. The van der Waals surface area contributed by atoms with Crippen molar-refractivity contribution in [1.82, 2.24) is 0 Å². The Balaban J connectivity index is 2.69. The first-order valence-electron chi connectivity index (χ1n) is 2.99. The Hall–Kier alpha value is -0.850. The van der Waals surface area contributed by atoms with Crippen LogP contribution in [0, 0.1) is 6.42 Å². The Bertz CT molecular complexity index is 175. The van der Waals surface area contributed by atoms with Crippen molar-refractivity contribution in [2.24, 2.45) is 0 Å². The molecule has 0 aliphatic heterocycles. The fraction of sp³-hybridized carbons (Fsp3) is 0.250. The highest BCUT2D eigenvalue weighted by molar-refractivity contribution is 5.77. The van der Waals surface area contributed by atoms with Gasteiger partial charge in [-0.05, 0) is 25.3 Å². The van der Waals surface area contributed by atoms with Gasteiger partial charge in [0.05, 0.1) is 0 Å². The second-order valence-corrected chi connectivity index (χ2v) is 2.21. The number of hydrogen-bond acceptors (Lipinski definition) is 1. The Kier molecular flexibility index (Phi) is 1.83. The van der Waals surface area contributed by atoms with Gasteiger partial charge in [-0.1, -0.05) is 17.7 Å². The molecule has 1 nitrogen and oxygen atoms in total. The Morgan fingerprint density at radius 3 is 2.78 bits per heavy atom.